The van der Waals surface area contributed by atoms with E-state index in [0.717, 1.165) is 31.4 Å². The summed E-state index contributed by atoms with van der Waals surface area (Å²) in [6, 6.07) is 11.5. The van der Waals surface area contributed by atoms with Crippen molar-refractivity contribution < 1.29 is 5.11 Å². The molecule has 0 amide bonds. The zero-order chi connectivity index (χ0) is 19.1. The van der Waals surface area contributed by atoms with E-state index in [-0.39, 0.29) is 6.10 Å². The first kappa shape index (κ1) is 18.4. The summed E-state index contributed by atoms with van der Waals surface area (Å²) < 4.78 is 0. The molecular formula is C24H33N3O. The second kappa shape index (κ2) is 7.31. The van der Waals surface area contributed by atoms with Gasteiger partial charge in [-0.15, -0.1) is 0 Å². The molecule has 1 aromatic carbocycles. The Labute approximate surface area is 168 Å². The van der Waals surface area contributed by atoms with Gasteiger partial charge in [0.2, 0.25) is 0 Å². The number of fused-ring (bicyclic) bond motifs is 1. The quantitative estimate of drug-likeness (QED) is 0.851. The molecule has 1 atom stereocenters. The summed E-state index contributed by atoms with van der Waals surface area (Å²) in [6.45, 7) is 6.95. The Kier molecular flexibility index (Phi) is 4.80. The van der Waals surface area contributed by atoms with Crippen LogP contribution >= 0.6 is 0 Å². The maximum atomic E-state index is 9.84. The summed E-state index contributed by atoms with van der Waals surface area (Å²) >= 11 is 0. The molecular weight excluding hydrogens is 346 g/mol. The predicted octanol–water partition coefficient (Wildman–Crippen LogP) is 4.14. The molecule has 4 nitrogen and oxygen atoms in total. The van der Waals surface area contributed by atoms with E-state index in [0.29, 0.717) is 11.5 Å². The fourth-order valence-corrected chi connectivity index (χ4v) is 5.96. The molecule has 28 heavy (non-hydrogen) atoms. The second-order valence-electron chi connectivity index (χ2n) is 9.53. The molecule has 1 spiro atoms. The van der Waals surface area contributed by atoms with Crippen LogP contribution in [0, 0.1) is 12.3 Å². The molecule has 1 saturated carbocycles. The fraction of sp³-hybridized carbons (Fsp3) is 0.625. The third-order valence-corrected chi connectivity index (χ3v) is 7.50. The number of aromatic nitrogens is 1. The van der Waals surface area contributed by atoms with Crippen LogP contribution in [-0.4, -0.2) is 53.3 Å². The topological polar surface area (TPSA) is 39.6 Å². The first-order valence-electron chi connectivity index (χ1n) is 11.2. The van der Waals surface area contributed by atoms with E-state index in [1.807, 2.05) is 0 Å². The van der Waals surface area contributed by atoms with Gasteiger partial charge in [-0.2, -0.15) is 0 Å². The van der Waals surface area contributed by atoms with Crippen LogP contribution in [0.3, 0.4) is 0 Å². The van der Waals surface area contributed by atoms with Crippen molar-refractivity contribution in [3.63, 3.8) is 0 Å². The van der Waals surface area contributed by atoms with Crippen molar-refractivity contribution in [1.82, 2.24) is 9.88 Å². The third-order valence-electron chi connectivity index (χ3n) is 7.50. The van der Waals surface area contributed by atoms with Crippen LogP contribution in [0.5, 0.6) is 0 Å². The van der Waals surface area contributed by atoms with Crippen LogP contribution in [0.1, 0.15) is 50.5 Å². The maximum Gasteiger partial charge on any atom is 0.132 e. The average Bonchev–Trinajstić information content (AvgIpc) is 3.11. The number of likely N-dealkylation sites (tertiary alicyclic amines) is 1. The molecule has 1 aromatic heterocycles. The van der Waals surface area contributed by atoms with Gasteiger partial charge in [-0.25, -0.2) is 4.98 Å². The number of aliphatic hydroxyl groups is 1. The average molecular weight is 380 g/mol. The SMILES string of the molecule is Cc1cc2ccccc2nc1N1CCC[C@]2(CCN([C@H]3CC[C@H](O)CC3)C2)C1. The maximum absolute atomic E-state index is 9.84. The highest BCUT2D eigenvalue weighted by Crippen LogP contribution is 2.42. The van der Waals surface area contributed by atoms with Crippen molar-refractivity contribution in [3.8, 4) is 0 Å². The predicted molar refractivity (Wildman–Crippen MR) is 115 cm³/mol. The van der Waals surface area contributed by atoms with E-state index in [9.17, 15) is 5.11 Å². The molecule has 3 aliphatic rings. The molecule has 2 aromatic rings. The fourth-order valence-electron chi connectivity index (χ4n) is 5.96. The highest BCUT2D eigenvalue weighted by atomic mass is 16.3. The molecule has 150 valence electrons. The molecule has 0 unspecified atom stereocenters. The minimum Gasteiger partial charge on any atom is -0.393 e. The summed E-state index contributed by atoms with van der Waals surface area (Å²) in [5, 5.41) is 11.1. The molecule has 4 heteroatoms. The van der Waals surface area contributed by atoms with Crippen LogP contribution in [0.25, 0.3) is 10.9 Å². The number of rotatable bonds is 2. The molecule has 5 rings (SSSR count). The van der Waals surface area contributed by atoms with E-state index in [1.165, 1.54) is 62.0 Å². The van der Waals surface area contributed by atoms with Gasteiger partial charge in [-0.05, 0) is 76.1 Å². The Hall–Kier alpha value is -1.65. The molecule has 2 aliphatic heterocycles. The van der Waals surface area contributed by atoms with Gasteiger partial charge in [0.05, 0.1) is 11.6 Å². The smallest absolute Gasteiger partial charge is 0.132 e. The number of anilines is 1. The zero-order valence-electron chi connectivity index (χ0n) is 17.1. The normalized spacial score (nSPS) is 31.7. The largest absolute Gasteiger partial charge is 0.393 e. The van der Waals surface area contributed by atoms with E-state index < -0.39 is 0 Å². The Bertz CT molecular complexity index is 845. The lowest BCUT2D eigenvalue weighted by Gasteiger charge is -2.42. The van der Waals surface area contributed by atoms with Crippen LogP contribution in [-0.2, 0) is 0 Å². The highest BCUT2D eigenvalue weighted by molar-refractivity contribution is 5.81. The minimum atomic E-state index is -0.0556. The van der Waals surface area contributed by atoms with Crippen LogP contribution in [0.2, 0.25) is 0 Å². The van der Waals surface area contributed by atoms with Crippen LogP contribution in [0.15, 0.2) is 30.3 Å². The third kappa shape index (κ3) is 3.42. The number of nitrogens with zero attached hydrogens (tertiary/aromatic N) is 3. The molecule has 1 aliphatic carbocycles. The van der Waals surface area contributed by atoms with E-state index in [1.54, 1.807) is 0 Å². The van der Waals surface area contributed by atoms with Gasteiger partial charge >= 0.3 is 0 Å². The Morgan fingerprint density at radius 1 is 1.04 bits per heavy atom. The van der Waals surface area contributed by atoms with Gasteiger partial charge in [-0.1, -0.05) is 18.2 Å². The van der Waals surface area contributed by atoms with Crippen LogP contribution in [0.4, 0.5) is 5.82 Å². The van der Waals surface area contributed by atoms with Crippen molar-refractivity contribution in [3.05, 3.63) is 35.9 Å². The van der Waals surface area contributed by atoms with Gasteiger partial charge in [0, 0.05) is 36.5 Å². The first-order valence-corrected chi connectivity index (χ1v) is 11.2. The molecule has 3 fully saturated rings. The summed E-state index contributed by atoms with van der Waals surface area (Å²) in [5.74, 6) is 1.19. The monoisotopic (exact) mass is 379 g/mol. The molecule has 0 bridgehead atoms. The van der Waals surface area contributed by atoms with Gasteiger partial charge < -0.3 is 10.0 Å². The molecule has 2 saturated heterocycles. The summed E-state index contributed by atoms with van der Waals surface area (Å²) in [6.07, 6.45) is 8.20. The summed E-state index contributed by atoms with van der Waals surface area (Å²) in [7, 11) is 0. The van der Waals surface area contributed by atoms with Gasteiger partial charge in [0.1, 0.15) is 5.82 Å². The zero-order valence-corrected chi connectivity index (χ0v) is 17.1. The molecule has 3 heterocycles. The minimum absolute atomic E-state index is 0.0556. The van der Waals surface area contributed by atoms with Crippen molar-refractivity contribution in [1.29, 1.82) is 0 Å². The number of aliphatic hydroxyl groups excluding tert-OH is 1. The van der Waals surface area contributed by atoms with E-state index >= 15 is 0 Å². The lowest BCUT2D eigenvalue weighted by molar-refractivity contribution is 0.0770. The van der Waals surface area contributed by atoms with Crippen molar-refractivity contribution in [2.75, 3.05) is 31.1 Å². The van der Waals surface area contributed by atoms with Crippen molar-refractivity contribution in [2.45, 2.75) is 64.0 Å². The van der Waals surface area contributed by atoms with Gasteiger partial charge in [0.25, 0.3) is 0 Å². The Morgan fingerprint density at radius 2 is 1.86 bits per heavy atom. The number of aryl methyl sites for hydroxylation is 1. The second-order valence-corrected chi connectivity index (χ2v) is 9.53. The lowest BCUT2D eigenvalue weighted by atomic mass is 9.79. The standard InChI is InChI=1S/C24H33N3O/c1-18-15-19-5-2-3-6-22(19)25-23(18)27-13-4-11-24(17-27)12-14-26(16-24)20-7-9-21(28)10-8-20/h2-3,5-6,15,20-21,28H,4,7-14,16-17H2,1H3/t20-,21-,24-/m1/s1. The number of para-hydroxylation sites is 1. The van der Waals surface area contributed by atoms with Gasteiger partial charge in [-0.3, -0.25) is 4.90 Å². The van der Waals surface area contributed by atoms with E-state index in [2.05, 4.69) is 47.1 Å². The van der Waals surface area contributed by atoms with Crippen molar-refractivity contribution >= 4 is 16.7 Å². The Morgan fingerprint density at radius 3 is 2.71 bits per heavy atom. The highest BCUT2D eigenvalue weighted by Gasteiger charge is 2.43. The molecule has 0 radical (unpaired) electrons. The summed E-state index contributed by atoms with van der Waals surface area (Å²) in [4.78, 5) is 10.4. The van der Waals surface area contributed by atoms with Gasteiger partial charge in [0.15, 0.2) is 0 Å². The van der Waals surface area contributed by atoms with Crippen LogP contribution < -0.4 is 4.90 Å². The number of hydrogen-bond donors (Lipinski definition) is 1. The Balaban J connectivity index is 1.33. The number of hydrogen-bond acceptors (Lipinski definition) is 4. The van der Waals surface area contributed by atoms with Crippen molar-refractivity contribution in [2.24, 2.45) is 5.41 Å². The first-order chi connectivity index (χ1) is 13.6. The summed E-state index contributed by atoms with van der Waals surface area (Å²) in [5.41, 5.74) is 2.83. The number of piperidine rings is 1. The number of pyridine rings is 1. The molecule has 1 N–H and O–H groups in total. The number of benzene rings is 1. The van der Waals surface area contributed by atoms with E-state index in [4.69, 9.17) is 4.98 Å². The lowest BCUT2D eigenvalue weighted by Crippen LogP contribution is -2.47.